The number of likely N-dealkylation sites (N-methyl/N-ethyl adjacent to an activating group) is 1. The Hall–Kier alpha value is -2.15. The van der Waals surface area contributed by atoms with Crippen LogP contribution < -0.4 is 10.2 Å². The molecule has 0 aromatic carbocycles. The number of imidazole rings is 1. The Bertz CT molecular complexity index is 994. The zero-order chi connectivity index (χ0) is 19.8. The molecule has 7 heteroatoms. The van der Waals surface area contributed by atoms with Crippen molar-refractivity contribution in [3.63, 3.8) is 0 Å². The molecule has 2 atom stereocenters. The Labute approximate surface area is 176 Å². The predicted octanol–water partition coefficient (Wildman–Crippen LogP) is 3.69. The second kappa shape index (κ2) is 7.94. The van der Waals surface area contributed by atoms with Crippen LogP contribution in [-0.4, -0.2) is 52.5 Å². The molecule has 2 saturated heterocycles. The van der Waals surface area contributed by atoms with E-state index in [1.165, 1.54) is 5.82 Å². The van der Waals surface area contributed by atoms with E-state index in [0.717, 1.165) is 67.5 Å². The van der Waals surface area contributed by atoms with Gasteiger partial charge in [0.1, 0.15) is 11.5 Å². The number of piperidine rings is 1. The maximum atomic E-state index is 6.40. The van der Waals surface area contributed by atoms with Crippen LogP contribution in [0.2, 0.25) is 5.02 Å². The van der Waals surface area contributed by atoms with Gasteiger partial charge < -0.3 is 15.1 Å². The van der Waals surface area contributed by atoms with Crippen LogP contribution in [0.25, 0.3) is 5.65 Å². The fraction of sp³-hybridized carbons (Fsp3) is 0.455. The van der Waals surface area contributed by atoms with Crippen molar-refractivity contribution in [2.45, 2.75) is 31.3 Å². The van der Waals surface area contributed by atoms with E-state index >= 15 is 0 Å². The first-order chi connectivity index (χ1) is 14.2. The van der Waals surface area contributed by atoms with Crippen LogP contribution >= 0.6 is 11.6 Å². The standard InChI is InChI=1S/C22H27ClN6/c1-27-11-13-28(14-12-27)21-9-3-8-20-26-19(15-29(20)21)17-6-2-7-18(25-17)22-16(23)5-4-10-24-22/h3-5,8-10,15,17-18,25H,2,6-7,11-14H2,1H3/t17-,18?/m1/s1. The molecule has 152 valence electrons. The van der Waals surface area contributed by atoms with Gasteiger partial charge in [0.25, 0.3) is 0 Å². The molecule has 0 amide bonds. The van der Waals surface area contributed by atoms with E-state index in [1.807, 2.05) is 18.3 Å². The molecule has 0 spiro atoms. The monoisotopic (exact) mass is 410 g/mol. The predicted molar refractivity (Wildman–Crippen MR) is 117 cm³/mol. The van der Waals surface area contributed by atoms with Crippen molar-refractivity contribution < 1.29 is 0 Å². The molecule has 6 nitrogen and oxygen atoms in total. The van der Waals surface area contributed by atoms with Crippen molar-refractivity contribution in [2.75, 3.05) is 38.1 Å². The first kappa shape index (κ1) is 18.9. The Morgan fingerprint density at radius 2 is 1.86 bits per heavy atom. The summed E-state index contributed by atoms with van der Waals surface area (Å²) >= 11 is 6.40. The van der Waals surface area contributed by atoms with Crippen molar-refractivity contribution in [2.24, 2.45) is 0 Å². The highest BCUT2D eigenvalue weighted by Gasteiger charge is 2.27. The number of piperazine rings is 1. The molecule has 0 saturated carbocycles. The number of nitrogens with zero attached hydrogens (tertiary/aromatic N) is 5. The van der Waals surface area contributed by atoms with Crippen LogP contribution in [0.4, 0.5) is 5.82 Å². The van der Waals surface area contributed by atoms with E-state index in [9.17, 15) is 0 Å². The lowest BCUT2D eigenvalue weighted by molar-refractivity contribution is 0.311. The quantitative estimate of drug-likeness (QED) is 0.713. The summed E-state index contributed by atoms with van der Waals surface area (Å²) in [4.78, 5) is 14.3. The molecular formula is C22H27ClN6. The number of hydrogen-bond donors (Lipinski definition) is 1. The van der Waals surface area contributed by atoms with E-state index in [1.54, 1.807) is 0 Å². The third-order valence-electron chi connectivity index (χ3n) is 6.18. The van der Waals surface area contributed by atoms with Gasteiger partial charge in [0, 0.05) is 38.6 Å². The third kappa shape index (κ3) is 3.72. The summed E-state index contributed by atoms with van der Waals surface area (Å²) in [5, 5.41) is 4.48. The maximum absolute atomic E-state index is 6.40. The van der Waals surface area contributed by atoms with Crippen molar-refractivity contribution in [1.29, 1.82) is 0 Å². The normalized spacial score (nSPS) is 23.6. The van der Waals surface area contributed by atoms with Gasteiger partial charge >= 0.3 is 0 Å². The molecule has 0 aliphatic carbocycles. The van der Waals surface area contributed by atoms with Crippen LogP contribution in [0.1, 0.15) is 42.7 Å². The lowest BCUT2D eigenvalue weighted by Gasteiger charge is -2.34. The third-order valence-corrected chi connectivity index (χ3v) is 6.50. The minimum Gasteiger partial charge on any atom is -0.355 e. The first-order valence-corrected chi connectivity index (χ1v) is 10.8. The number of anilines is 1. The summed E-state index contributed by atoms with van der Waals surface area (Å²) in [6, 6.07) is 10.6. The molecule has 3 aromatic rings. The molecule has 0 radical (unpaired) electrons. The summed E-state index contributed by atoms with van der Waals surface area (Å²) in [5.41, 5.74) is 3.06. The molecule has 2 aliphatic heterocycles. The molecule has 29 heavy (non-hydrogen) atoms. The minimum absolute atomic E-state index is 0.171. The molecule has 1 N–H and O–H groups in total. The molecule has 2 aliphatic rings. The number of halogens is 1. The molecule has 1 unspecified atom stereocenters. The summed E-state index contributed by atoms with van der Waals surface area (Å²) in [7, 11) is 2.19. The van der Waals surface area contributed by atoms with Gasteiger partial charge in [-0.3, -0.25) is 9.38 Å². The van der Waals surface area contributed by atoms with Crippen molar-refractivity contribution >= 4 is 23.1 Å². The first-order valence-electron chi connectivity index (χ1n) is 10.5. The summed E-state index contributed by atoms with van der Waals surface area (Å²) in [5.74, 6) is 1.23. The Balaban J connectivity index is 1.42. The van der Waals surface area contributed by atoms with Crippen molar-refractivity contribution in [3.8, 4) is 0 Å². The molecular weight excluding hydrogens is 384 g/mol. The highest BCUT2D eigenvalue weighted by molar-refractivity contribution is 6.31. The highest BCUT2D eigenvalue weighted by Crippen LogP contribution is 2.34. The zero-order valence-electron chi connectivity index (χ0n) is 16.8. The Morgan fingerprint density at radius 3 is 2.69 bits per heavy atom. The van der Waals surface area contributed by atoms with Gasteiger partial charge in [0.05, 0.1) is 28.5 Å². The molecule has 3 aromatic heterocycles. The van der Waals surface area contributed by atoms with Gasteiger partial charge in [0.15, 0.2) is 0 Å². The number of nitrogens with one attached hydrogen (secondary N) is 1. The SMILES string of the molecule is CN1CCN(c2cccc3nc([C@H]4CCCC(c5ncccc5Cl)N4)cn23)CC1. The second-order valence-electron chi connectivity index (χ2n) is 8.14. The van der Waals surface area contributed by atoms with Crippen LogP contribution in [-0.2, 0) is 0 Å². The topological polar surface area (TPSA) is 48.7 Å². The summed E-state index contributed by atoms with van der Waals surface area (Å²) < 4.78 is 2.25. The smallest absolute Gasteiger partial charge is 0.138 e. The molecule has 0 bridgehead atoms. The van der Waals surface area contributed by atoms with Crippen LogP contribution in [0.3, 0.4) is 0 Å². The molecule has 2 fully saturated rings. The molecule has 5 rings (SSSR count). The number of rotatable bonds is 3. The van der Waals surface area contributed by atoms with Crippen molar-refractivity contribution in [3.05, 3.63) is 59.1 Å². The minimum atomic E-state index is 0.171. The lowest BCUT2D eigenvalue weighted by Crippen LogP contribution is -2.45. The van der Waals surface area contributed by atoms with E-state index in [0.29, 0.717) is 0 Å². The zero-order valence-corrected chi connectivity index (χ0v) is 17.5. The van der Waals surface area contributed by atoms with Gasteiger partial charge in [-0.25, -0.2) is 4.98 Å². The molecule has 5 heterocycles. The largest absolute Gasteiger partial charge is 0.355 e. The van der Waals surface area contributed by atoms with Crippen LogP contribution in [0, 0.1) is 0 Å². The maximum Gasteiger partial charge on any atom is 0.138 e. The lowest BCUT2D eigenvalue weighted by atomic mass is 9.94. The van der Waals surface area contributed by atoms with Crippen molar-refractivity contribution in [1.82, 2.24) is 24.6 Å². The Morgan fingerprint density at radius 1 is 1.03 bits per heavy atom. The van der Waals surface area contributed by atoms with Gasteiger partial charge in [-0.15, -0.1) is 0 Å². The van der Waals surface area contributed by atoms with E-state index in [-0.39, 0.29) is 12.1 Å². The highest BCUT2D eigenvalue weighted by atomic mass is 35.5. The van der Waals surface area contributed by atoms with E-state index in [4.69, 9.17) is 16.6 Å². The number of fused-ring (bicyclic) bond motifs is 1. The van der Waals surface area contributed by atoms with Gasteiger partial charge in [-0.2, -0.15) is 0 Å². The fourth-order valence-corrected chi connectivity index (χ4v) is 4.77. The van der Waals surface area contributed by atoms with E-state index in [2.05, 4.69) is 55.9 Å². The second-order valence-corrected chi connectivity index (χ2v) is 8.55. The number of aromatic nitrogens is 3. The van der Waals surface area contributed by atoms with Crippen LogP contribution in [0.15, 0.2) is 42.7 Å². The van der Waals surface area contributed by atoms with Crippen LogP contribution in [0.5, 0.6) is 0 Å². The Kier molecular flexibility index (Phi) is 5.16. The summed E-state index contributed by atoms with van der Waals surface area (Å²) in [6.07, 6.45) is 7.29. The number of pyridine rings is 2. The number of hydrogen-bond acceptors (Lipinski definition) is 5. The van der Waals surface area contributed by atoms with Gasteiger partial charge in [-0.1, -0.05) is 17.7 Å². The van der Waals surface area contributed by atoms with E-state index < -0.39 is 0 Å². The van der Waals surface area contributed by atoms with Gasteiger partial charge in [0.2, 0.25) is 0 Å². The van der Waals surface area contributed by atoms with Gasteiger partial charge in [-0.05, 0) is 50.6 Å². The fourth-order valence-electron chi connectivity index (χ4n) is 4.52. The average Bonchev–Trinajstić information content (AvgIpc) is 3.19. The average molecular weight is 411 g/mol. The summed E-state index contributed by atoms with van der Waals surface area (Å²) in [6.45, 7) is 4.28.